The van der Waals surface area contributed by atoms with Crippen LogP contribution >= 0.6 is 0 Å². The fourth-order valence-electron chi connectivity index (χ4n) is 8.09. The van der Waals surface area contributed by atoms with Crippen LogP contribution in [0.25, 0.3) is 0 Å². The van der Waals surface area contributed by atoms with Crippen LogP contribution in [0.3, 0.4) is 0 Å². The smallest absolute Gasteiger partial charge is 0.0683 e. The molecule has 10 heteroatoms. The molecule has 0 aromatic carbocycles. The minimum Gasteiger partial charge on any atom is -0.300 e. The lowest BCUT2D eigenvalue weighted by molar-refractivity contribution is 0.319. The summed E-state index contributed by atoms with van der Waals surface area (Å²) in [5.41, 5.74) is 12.5. The molecule has 0 unspecified atom stereocenters. The van der Waals surface area contributed by atoms with Crippen LogP contribution < -0.4 is 10.6 Å². The van der Waals surface area contributed by atoms with Gasteiger partial charge in [-0.1, -0.05) is 24.3 Å². The van der Waals surface area contributed by atoms with Gasteiger partial charge in [0.1, 0.15) is 0 Å². The van der Waals surface area contributed by atoms with Crippen LogP contribution in [0.1, 0.15) is 125 Å². The van der Waals surface area contributed by atoms with Gasteiger partial charge in [0.05, 0.1) is 46.2 Å². The molecule has 2 fully saturated rings. The lowest BCUT2D eigenvalue weighted by Crippen LogP contribution is -2.33. The molecule has 4 atom stereocenters. The van der Waals surface area contributed by atoms with Crippen LogP contribution in [0.4, 0.5) is 0 Å². The summed E-state index contributed by atoms with van der Waals surface area (Å²) in [7, 11) is 3.96. The number of aryl methyl sites for hydroxylation is 3. The van der Waals surface area contributed by atoms with Crippen LogP contribution in [0.2, 0.25) is 0 Å². The Kier molecular flexibility index (Phi) is 10.0. The number of rotatable bonds is 10. The van der Waals surface area contributed by atoms with Gasteiger partial charge >= 0.3 is 0 Å². The van der Waals surface area contributed by atoms with Gasteiger partial charge in [0.2, 0.25) is 0 Å². The quantitative estimate of drug-likeness (QED) is 0.159. The van der Waals surface area contributed by atoms with Gasteiger partial charge in [0, 0.05) is 81.6 Å². The zero-order chi connectivity index (χ0) is 35.4. The van der Waals surface area contributed by atoms with Gasteiger partial charge in [0.25, 0.3) is 0 Å². The first kappa shape index (κ1) is 34.0. The van der Waals surface area contributed by atoms with Crippen LogP contribution in [0, 0.1) is 6.92 Å². The maximum Gasteiger partial charge on any atom is 0.0683 e. The molecule has 8 rings (SSSR count). The molecular weight excluding hydrogens is 645 g/mol. The molecule has 0 radical (unpaired) electrons. The first-order valence-electron chi connectivity index (χ1n) is 18.7. The molecular formula is C42H48N10. The highest BCUT2D eigenvalue weighted by atomic mass is 15.3. The van der Waals surface area contributed by atoms with Crippen molar-refractivity contribution in [1.29, 1.82) is 0 Å². The summed E-state index contributed by atoms with van der Waals surface area (Å²) >= 11 is 0. The Hall–Kier alpha value is -5.06. The predicted molar refractivity (Wildman–Crippen MR) is 201 cm³/mol. The van der Waals surface area contributed by atoms with Gasteiger partial charge < -0.3 is 10.6 Å². The molecule has 266 valence electrons. The normalized spacial score (nSPS) is 20.6. The van der Waals surface area contributed by atoms with Crippen molar-refractivity contribution in [2.75, 3.05) is 0 Å². The largest absolute Gasteiger partial charge is 0.300 e. The Bertz CT molecular complexity index is 2130. The standard InChI is InChI=1S/C42H48N10/c1-28-9-7-21-43-41(28)38-15-5-14-36(47-38)37-18-17-29(40(49-37)27-33-19-23-45-52(33)3)25-30-10-8-22-44-42(30)39-16-6-13-35(48-39)34-12-4-11-31(46-34)26-32-20-24-51(2)50-32/h4,7-12,17-24,35-36,38-39,47-48H,5-6,13-16,25-27H2,1-3H3/t35-,36-,38+,39+/m1/s1. The van der Waals surface area contributed by atoms with Crippen molar-refractivity contribution in [1.82, 2.24) is 50.1 Å². The van der Waals surface area contributed by atoms with E-state index in [1.165, 1.54) is 16.7 Å². The number of hydrogen-bond donors (Lipinski definition) is 2. The molecule has 2 aliphatic rings. The monoisotopic (exact) mass is 692 g/mol. The summed E-state index contributed by atoms with van der Waals surface area (Å²) in [6.07, 6.45) is 16.4. The number of hydrogen-bond acceptors (Lipinski definition) is 8. The summed E-state index contributed by atoms with van der Waals surface area (Å²) in [6, 6.07) is 24.3. The molecule has 52 heavy (non-hydrogen) atoms. The number of nitrogens with one attached hydrogen (secondary N) is 2. The van der Waals surface area contributed by atoms with Gasteiger partial charge in [-0.2, -0.15) is 10.2 Å². The maximum absolute atomic E-state index is 5.42. The van der Waals surface area contributed by atoms with Crippen molar-refractivity contribution in [3.63, 3.8) is 0 Å². The van der Waals surface area contributed by atoms with Gasteiger partial charge in [-0.3, -0.25) is 29.3 Å². The summed E-state index contributed by atoms with van der Waals surface area (Å²) in [5.74, 6) is 0. The molecule has 2 N–H and O–H groups in total. The van der Waals surface area contributed by atoms with Crippen molar-refractivity contribution in [3.05, 3.63) is 154 Å². The van der Waals surface area contributed by atoms with Crippen LogP contribution in [-0.4, -0.2) is 39.5 Å². The van der Waals surface area contributed by atoms with Gasteiger partial charge in [-0.15, -0.1) is 0 Å². The Morgan fingerprint density at radius 3 is 2.10 bits per heavy atom. The number of pyridine rings is 4. The summed E-state index contributed by atoms with van der Waals surface area (Å²) in [5, 5.41) is 16.9. The second kappa shape index (κ2) is 15.3. The van der Waals surface area contributed by atoms with Crippen molar-refractivity contribution >= 4 is 0 Å². The summed E-state index contributed by atoms with van der Waals surface area (Å²) in [4.78, 5) is 20.3. The van der Waals surface area contributed by atoms with E-state index in [1.807, 2.05) is 54.3 Å². The van der Waals surface area contributed by atoms with Crippen molar-refractivity contribution < 1.29 is 0 Å². The van der Waals surface area contributed by atoms with E-state index in [1.54, 1.807) is 0 Å². The highest BCUT2D eigenvalue weighted by Crippen LogP contribution is 2.35. The van der Waals surface area contributed by atoms with E-state index < -0.39 is 0 Å². The van der Waals surface area contributed by atoms with E-state index in [2.05, 4.69) is 88.4 Å². The van der Waals surface area contributed by atoms with E-state index in [0.717, 1.165) is 103 Å². The summed E-state index contributed by atoms with van der Waals surface area (Å²) < 4.78 is 3.80. The molecule has 2 aliphatic heterocycles. The summed E-state index contributed by atoms with van der Waals surface area (Å²) in [6.45, 7) is 2.15. The number of piperidine rings is 2. The molecule has 8 heterocycles. The van der Waals surface area contributed by atoms with E-state index >= 15 is 0 Å². The number of aromatic nitrogens is 8. The zero-order valence-electron chi connectivity index (χ0n) is 30.4. The van der Waals surface area contributed by atoms with E-state index in [-0.39, 0.29) is 24.2 Å². The van der Waals surface area contributed by atoms with Crippen LogP contribution in [0.5, 0.6) is 0 Å². The third-order valence-corrected chi connectivity index (χ3v) is 10.8. The lowest BCUT2D eigenvalue weighted by Gasteiger charge is -2.32. The molecule has 0 aliphatic carbocycles. The van der Waals surface area contributed by atoms with Crippen LogP contribution in [-0.2, 0) is 33.4 Å². The second-order valence-corrected chi connectivity index (χ2v) is 14.5. The molecule has 0 spiro atoms. The van der Waals surface area contributed by atoms with Crippen LogP contribution in [0.15, 0.2) is 91.5 Å². The molecule has 6 aromatic rings. The minimum absolute atomic E-state index is 0.141. The maximum atomic E-state index is 5.42. The Labute approximate surface area is 306 Å². The predicted octanol–water partition coefficient (Wildman–Crippen LogP) is 6.93. The molecule has 10 nitrogen and oxygen atoms in total. The first-order valence-corrected chi connectivity index (χ1v) is 18.7. The average molecular weight is 693 g/mol. The minimum atomic E-state index is 0.141. The third-order valence-electron chi connectivity index (χ3n) is 10.8. The van der Waals surface area contributed by atoms with E-state index in [4.69, 9.17) is 19.9 Å². The van der Waals surface area contributed by atoms with Crippen molar-refractivity contribution in [2.24, 2.45) is 14.1 Å². The highest BCUT2D eigenvalue weighted by Gasteiger charge is 2.29. The van der Waals surface area contributed by atoms with Gasteiger partial charge in [-0.25, -0.2) is 0 Å². The number of nitrogens with zero attached hydrogens (tertiary/aromatic N) is 8. The van der Waals surface area contributed by atoms with Gasteiger partial charge in [-0.05, 0) is 105 Å². The molecule has 6 aromatic heterocycles. The lowest BCUT2D eigenvalue weighted by atomic mass is 9.90. The highest BCUT2D eigenvalue weighted by molar-refractivity contribution is 5.36. The Morgan fingerprint density at radius 1 is 0.635 bits per heavy atom. The van der Waals surface area contributed by atoms with Crippen molar-refractivity contribution in [2.45, 2.75) is 88.9 Å². The molecule has 0 bridgehead atoms. The SMILES string of the molecule is Cc1cccnc1[C@@H]1CCC[C@H](c2ccc(Cc3cccnc3[C@@H]3CCC[C@H](c4cccc(Cc5ccn(C)n5)n4)N3)c(Cc3ccnn3C)n2)N1. The Balaban J connectivity index is 1.04. The Morgan fingerprint density at radius 2 is 1.37 bits per heavy atom. The van der Waals surface area contributed by atoms with E-state index in [9.17, 15) is 0 Å². The third kappa shape index (κ3) is 7.59. The molecule has 0 amide bonds. The average Bonchev–Trinajstić information content (AvgIpc) is 3.79. The second-order valence-electron chi connectivity index (χ2n) is 14.5. The first-order chi connectivity index (χ1) is 25.5. The van der Waals surface area contributed by atoms with E-state index in [0.29, 0.717) is 0 Å². The topological polar surface area (TPSA) is 111 Å². The van der Waals surface area contributed by atoms with Gasteiger partial charge in [0.15, 0.2) is 0 Å². The molecule has 2 saturated heterocycles. The molecule has 0 saturated carbocycles. The fourth-order valence-corrected chi connectivity index (χ4v) is 8.09. The van der Waals surface area contributed by atoms with Crippen molar-refractivity contribution in [3.8, 4) is 0 Å². The zero-order valence-corrected chi connectivity index (χ0v) is 30.4. The fraction of sp³-hybridized carbons (Fsp3) is 0.381.